The SMILES string of the molecule is N#Cc1ccc(CCC(=O)NCc2ccc(CN3CCCC3)cc2)cc1. The van der Waals surface area contributed by atoms with E-state index in [4.69, 9.17) is 5.26 Å². The van der Waals surface area contributed by atoms with Crippen molar-refractivity contribution in [2.45, 2.75) is 38.8 Å². The topological polar surface area (TPSA) is 56.1 Å². The fourth-order valence-electron chi connectivity index (χ4n) is 3.25. The lowest BCUT2D eigenvalue weighted by Gasteiger charge is -2.14. The summed E-state index contributed by atoms with van der Waals surface area (Å²) in [7, 11) is 0. The van der Waals surface area contributed by atoms with Crippen molar-refractivity contribution >= 4 is 5.91 Å². The molecule has 0 radical (unpaired) electrons. The van der Waals surface area contributed by atoms with E-state index in [0.717, 1.165) is 17.7 Å². The van der Waals surface area contributed by atoms with E-state index in [1.807, 2.05) is 12.1 Å². The van der Waals surface area contributed by atoms with E-state index in [1.165, 1.54) is 31.5 Å². The highest BCUT2D eigenvalue weighted by molar-refractivity contribution is 5.76. The summed E-state index contributed by atoms with van der Waals surface area (Å²) >= 11 is 0. The molecule has 0 bridgehead atoms. The van der Waals surface area contributed by atoms with Gasteiger partial charge in [0.15, 0.2) is 0 Å². The van der Waals surface area contributed by atoms with Gasteiger partial charge in [-0.15, -0.1) is 0 Å². The Balaban J connectivity index is 1.40. The monoisotopic (exact) mass is 347 g/mol. The van der Waals surface area contributed by atoms with Crippen LogP contribution in [0.4, 0.5) is 0 Å². The summed E-state index contributed by atoms with van der Waals surface area (Å²) in [6, 6.07) is 18.0. The maximum atomic E-state index is 12.0. The number of hydrogen-bond donors (Lipinski definition) is 1. The second-order valence-electron chi connectivity index (χ2n) is 6.89. The van der Waals surface area contributed by atoms with Gasteiger partial charge in [0.1, 0.15) is 0 Å². The predicted molar refractivity (Wildman–Crippen MR) is 102 cm³/mol. The standard InChI is InChI=1S/C22H25N3O/c23-15-19-5-3-18(4-6-19)11-12-22(26)24-16-20-7-9-21(10-8-20)17-25-13-1-2-14-25/h3-10H,1-2,11-14,16-17H2,(H,24,26). The maximum Gasteiger partial charge on any atom is 0.220 e. The Hall–Kier alpha value is -2.64. The smallest absolute Gasteiger partial charge is 0.220 e. The number of carbonyl (C=O) groups is 1. The van der Waals surface area contributed by atoms with Crippen molar-refractivity contribution in [3.63, 3.8) is 0 Å². The van der Waals surface area contributed by atoms with Crippen molar-refractivity contribution in [1.29, 1.82) is 5.26 Å². The Morgan fingerprint density at radius 1 is 0.962 bits per heavy atom. The molecule has 2 aromatic rings. The number of aryl methyl sites for hydroxylation is 1. The Morgan fingerprint density at radius 2 is 1.58 bits per heavy atom. The van der Waals surface area contributed by atoms with Crippen molar-refractivity contribution in [3.8, 4) is 6.07 Å². The molecule has 0 saturated carbocycles. The Morgan fingerprint density at radius 3 is 2.23 bits per heavy atom. The molecule has 0 aromatic heterocycles. The zero-order valence-corrected chi connectivity index (χ0v) is 15.1. The van der Waals surface area contributed by atoms with Crippen molar-refractivity contribution in [1.82, 2.24) is 10.2 Å². The lowest BCUT2D eigenvalue weighted by Crippen LogP contribution is -2.23. The van der Waals surface area contributed by atoms with E-state index < -0.39 is 0 Å². The summed E-state index contributed by atoms with van der Waals surface area (Å²) in [5.74, 6) is 0.0514. The molecular weight excluding hydrogens is 322 g/mol. The van der Waals surface area contributed by atoms with Crippen LogP contribution in [-0.4, -0.2) is 23.9 Å². The van der Waals surface area contributed by atoms with Gasteiger partial charge >= 0.3 is 0 Å². The van der Waals surface area contributed by atoms with Crippen molar-refractivity contribution in [2.75, 3.05) is 13.1 Å². The molecule has 1 aliphatic heterocycles. The van der Waals surface area contributed by atoms with Crippen LogP contribution in [0.5, 0.6) is 0 Å². The number of carbonyl (C=O) groups excluding carboxylic acids is 1. The van der Waals surface area contributed by atoms with Crippen LogP contribution in [0.25, 0.3) is 0 Å². The van der Waals surface area contributed by atoms with Crippen molar-refractivity contribution in [3.05, 3.63) is 70.8 Å². The average molecular weight is 347 g/mol. The predicted octanol–water partition coefficient (Wildman–Crippen LogP) is 3.40. The second kappa shape index (κ2) is 9.17. The van der Waals surface area contributed by atoms with Gasteiger partial charge in [0.25, 0.3) is 0 Å². The van der Waals surface area contributed by atoms with Crippen LogP contribution in [0.3, 0.4) is 0 Å². The van der Waals surface area contributed by atoms with Crippen molar-refractivity contribution in [2.24, 2.45) is 0 Å². The molecular formula is C22H25N3O. The molecule has 134 valence electrons. The van der Waals surface area contributed by atoms with Crippen LogP contribution in [0, 0.1) is 11.3 Å². The minimum atomic E-state index is 0.0514. The highest BCUT2D eigenvalue weighted by Gasteiger charge is 2.11. The molecule has 1 amide bonds. The third kappa shape index (κ3) is 5.44. The Kier molecular flexibility index (Phi) is 6.40. The number of nitrogens with one attached hydrogen (secondary N) is 1. The molecule has 1 N–H and O–H groups in total. The van der Waals surface area contributed by atoms with E-state index in [0.29, 0.717) is 24.9 Å². The number of likely N-dealkylation sites (tertiary alicyclic amines) is 1. The summed E-state index contributed by atoms with van der Waals surface area (Å²) in [5, 5.41) is 11.8. The summed E-state index contributed by atoms with van der Waals surface area (Å²) in [6.07, 6.45) is 3.77. The third-order valence-corrected chi connectivity index (χ3v) is 4.84. The number of rotatable bonds is 7. The van der Waals surface area contributed by atoms with Crippen molar-refractivity contribution < 1.29 is 4.79 Å². The van der Waals surface area contributed by atoms with Crippen LogP contribution in [0.2, 0.25) is 0 Å². The minimum absolute atomic E-state index is 0.0514. The molecule has 4 heteroatoms. The molecule has 0 atom stereocenters. The van der Waals surface area contributed by atoms with Crippen LogP contribution in [0.1, 0.15) is 41.5 Å². The zero-order chi connectivity index (χ0) is 18.2. The zero-order valence-electron chi connectivity index (χ0n) is 15.1. The fourth-order valence-corrected chi connectivity index (χ4v) is 3.25. The molecule has 1 fully saturated rings. The fraction of sp³-hybridized carbons (Fsp3) is 0.364. The number of hydrogen-bond acceptors (Lipinski definition) is 3. The molecule has 1 aliphatic rings. The van der Waals surface area contributed by atoms with Crippen LogP contribution >= 0.6 is 0 Å². The van der Waals surface area contributed by atoms with Crippen LogP contribution < -0.4 is 5.32 Å². The molecule has 0 unspecified atom stereocenters. The normalized spacial score (nSPS) is 14.1. The van der Waals surface area contributed by atoms with Gasteiger partial charge in [-0.2, -0.15) is 5.26 Å². The largest absolute Gasteiger partial charge is 0.352 e. The summed E-state index contributed by atoms with van der Waals surface area (Å²) in [5.41, 5.74) is 4.18. The quantitative estimate of drug-likeness (QED) is 0.835. The summed E-state index contributed by atoms with van der Waals surface area (Å²) in [6.45, 7) is 4.00. The Bertz CT molecular complexity index is 753. The van der Waals surface area contributed by atoms with Gasteiger partial charge in [-0.05, 0) is 61.2 Å². The molecule has 1 saturated heterocycles. The second-order valence-corrected chi connectivity index (χ2v) is 6.89. The lowest BCUT2D eigenvalue weighted by molar-refractivity contribution is -0.121. The molecule has 1 heterocycles. The molecule has 4 nitrogen and oxygen atoms in total. The lowest BCUT2D eigenvalue weighted by atomic mass is 10.1. The highest BCUT2D eigenvalue weighted by Crippen LogP contribution is 2.13. The number of benzene rings is 2. The highest BCUT2D eigenvalue weighted by atomic mass is 16.1. The Labute approximate surface area is 155 Å². The molecule has 0 aliphatic carbocycles. The van der Waals surface area contributed by atoms with Gasteiger partial charge < -0.3 is 5.32 Å². The molecule has 2 aromatic carbocycles. The van der Waals surface area contributed by atoms with Gasteiger partial charge in [0.05, 0.1) is 11.6 Å². The van der Waals surface area contributed by atoms with Crippen LogP contribution in [0.15, 0.2) is 48.5 Å². The number of nitriles is 1. The summed E-state index contributed by atoms with van der Waals surface area (Å²) < 4.78 is 0. The number of amides is 1. The molecule has 26 heavy (non-hydrogen) atoms. The van der Waals surface area contributed by atoms with Crippen LogP contribution in [-0.2, 0) is 24.3 Å². The number of nitrogens with zero attached hydrogens (tertiary/aromatic N) is 2. The van der Waals surface area contributed by atoms with Gasteiger partial charge in [0, 0.05) is 19.5 Å². The van der Waals surface area contributed by atoms with Gasteiger partial charge in [-0.3, -0.25) is 9.69 Å². The van der Waals surface area contributed by atoms with E-state index in [1.54, 1.807) is 12.1 Å². The molecule has 3 rings (SSSR count). The summed E-state index contributed by atoms with van der Waals surface area (Å²) in [4.78, 5) is 14.5. The first-order valence-electron chi connectivity index (χ1n) is 9.29. The first-order chi connectivity index (χ1) is 12.7. The maximum absolute atomic E-state index is 12.0. The third-order valence-electron chi connectivity index (χ3n) is 4.84. The average Bonchev–Trinajstić information content (AvgIpc) is 3.19. The first-order valence-corrected chi connectivity index (χ1v) is 9.29. The van der Waals surface area contributed by atoms with Gasteiger partial charge in [-0.25, -0.2) is 0 Å². The van der Waals surface area contributed by atoms with E-state index in [-0.39, 0.29) is 5.91 Å². The van der Waals surface area contributed by atoms with Gasteiger partial charge in [-0.1, -0.05) is 36.4 Å². The van der Waals surface area contributed by atoms with Gasteiger partial charge in [0.2, 0.25) is 5.91 Å². The molecule has 0 spiro atoms. The van der Waals surface area contributed by atoms with E-state index in [2.05, 4.69) is 40.6 Å². The minimum Gasteiger partial charge on any atom is -0.352 e. The van der Waals surface area contributed by atoms with E-state index in [9.17, 15) is 4.79 Å². The van der Waals surface area contributed by atoms with E-state index >= 15 is 0 Å². The first kappa shape index (κ1) is 18.2.